The van der Waals surface area contributed by atoms with Gasteiger partial charge in [-0.15, -0.1) is 0 Å². The van der Waals surface area contributed by atoms with Crippen molar-refractivity contribution in [1.82, 2.24) is 10.2 Å². The minimum absolute atomic E-state index is 0.481. The molecule has 72 valence electrons. The van der Waals surface area contributed by atoms with Gasteiger partial charge in [-0.2, -0.15) is 5.10 Å². The number of rotatable bonds is 2. The number of nitrogens with zero attached hydrogens (tertiary/aromatic N) is 1. The van der Waals surface area contributed by atoms with E-state index in [9.17, 15) is 0 Å². The fourth-order valence-corrected chi connectivity index (χ4v) is 1.46. The van der Waals surface area contributed by atoms with Crippen LogP contribution in [0.15, 0.2) is 30.5 Å². The molecule has 0 amide bonds. The van der Waals surface area contributed by atoms with Crippen molar-refractivity contribution < 1.29 is 0 Å². The van der Waals surface area contributed by atoms with Crippen LogP contribution >= 0.6 is 11.6 Å². The lowest BCUT2D eigenvalue weighted by Gasteiger charge is -2.00. The van der Waals surface area contributed by atoms with Crippen LogP contribution in [0.1, 0.15) is 5.56 Å². The molecule has 0 aliphatic carbocycles. The molecular formula is C10H10ClN3. The molecule has 0 aliphatic rings. The summed E-state index contributed by atoms with van der Waals surface area (Å²) >= 11 is 5.80. The zero-order valence-electron chi connectivity index (χ0n) is 7.50. The second-order valence-corrected chi connectivity index (χ2v) is 3.42. The molecule has 0 saturated heterocycles. The maximum absolute atomic E-state index is 5.80. The van der Waals surface area contributed by atoms with Crippen LogP contribution in [0.25, 0.3) is 11.3 Å². The molecule has 4 heteroatoms. The van der Waals surface area contributed by atoms with Crippen LogP contribution in [-0.4, -0.2) is 10.2 Å². The molecule has 0 radical (unpaired) electrons. The van der Waals surface area contributed by atoms with Gasteiger partial charge in [-0.1, -0.05) is 23.7 Å². The molecule has 1 heterocycles. The van der Waals surface area contributed by atoms with Crippen LogP contribution < -0.4 is 5.73 Å². The van der Waals surface area contributed by atoms with E-state index in [1.165, 1.54) is 0 Å². The van der Waals surface area contributed by atoms with E-state index in [0.29, 0.717) is 6.54 Å². The fraction of sp³-hybridized carbons (Fsp3) is 0.100. The molecule has 0 atom stereocenters. The van der Waals surface area contributed by atoms with Gasteiger partial charge in [0.15, 0.2) is 0 Å². The van der Waals surface area contributed by atoms with Crippen LogP contribution in [0, 0.1) is 0 Å². The molecule has 0 aliphatic heterocycles. The van der Waals surface area contributed by atoms with Gasteiger partial charge in [-0.25, -0.2) is 0 Å². The lowest BCUT2D eigenvalue weighted by Crippen LogP contribution is -1.96. The summed E-state index contributed by atoms with van der Waals surface area (Å²) in [6.07, 6.45) is 1.74. The molecule has 3 nitrogen and oxygen atoms in total. The molecule has 2 aromatic rings. The predicted octanol–water partition coefficient (Wildman–Crippen LogP) is 2.19. The number of halogens is 1. The van der Waals surface area contributed by atoms with E-state index in [1.54, 1.807) is 6.20 Å². The molecule has 1 aromatic heterocycles. The Hall–Kier alpha value is -1.32. The first-order chi connectivity index (χ1) is 6.81. The summed E-state index contributed by atoms with van der Waals surface area (Å²) in [5.74, 6) is 0. The topological polar surface area (TPSA) is 54.7 Å². The Morgan fingerprint density at radius 2 is 2.00 bits per heavy atom. The summed E-state index contributed by atoms with van der Waals surface area (Å²) in [4.78, 5) is 0. The highest BCUT2D eigenvalue weighted by atomic mass is 35.5. The molecule has 3 N–H and O–H groups in total. The average Bonchev–Trinajstić information content (AvgIpc) is 2.67. The van der Waals surface area contributed by atoms with Crippen LogP contribution in [0.5, 0.6) is 0 Å². The summed E-state index contributed by atoms with van der Waals surface area (Å²) in [5.41, 5.74) is 8.59. The normalized spacial score (nSPS) is 10.4. The number of aromatic nitrogens is 2. The van der Waals surface area contributed by atoms with Crippen molar-refractivity contribution in [2.45, 2.75) is 6.54 Å². The van der Waals surface area contributed by atoms with Crippen LogP contribution in [0.4, 0.5) is 0 Å². The fourth-order valence-electron chi connectivity index (χ4n) is 1.33. The van der Waals surface area contributed by atoms with E-state index in [2.05, 4.69) is 10.2 Å². The van der Waals surface area contributed by atoms with Crippen molar-refractivity contribution in [3.63, 3.8) is 0 Å². The standard InChI is InChI=1S/C10H10ClN3/c11-9-3-1-7(2-4-9)10-8(5-12)6-13-14-10/h1-4,6H,5,12H2,(H,13,14). The van der Waals surface area contributed by atoms with Gasteiger partial charge in [0.2, 0.25) is 0 Å². The number of benzene rings is 1. The quantitative estimate of drug-likeness (QED) is 0.793. The van der Waals surface area contributed by atoms with Gasteiger partial charge >= 0.3 is 0 Å². The average molecular weight is 208 g/mol. The molecule has 1 aromatic carbocycles. The molecule has 0 bridgehead atoms. The maximum atomic E-state index is 5.80. The zero-order valence-corrected chi connectivity index (χ0v) is 8.25. The second-order valence-electron chi connectivity index (χ2n) is 2.98. The smallest absolute Gasteiger partial charge is 0.0695 e. The summed E-state index contributed by atoms with van der Waals surface area (Å²) in [5, 5.41) is 7.60. The third-order valence-corrected chi connectivity index (χ3v) is 2.32. The first-order valence-corrected chi connectivity index (χ1v) is 4.67. The first-order valence-electron chi connectivity index (χ1n) is 4.29. The number of aromatic amines is 1. The van der Waals surface area contributed by atoms with Crippen molar-refractivity contribution in [2.24, 2.45) is 5.73 Å². The molecule has 0 fully saturated rings. The minimum atomic E-state index is 0.481. The van der Waals surface area contributed by atoms with Gasteiger partial charge in [-0.3, -0.25) is 5.10 Å². The highest BCUT2D eigenvalue weighted by Crippen LogP contribution is 2.22. The molecule has 14 heavy (non-hydrogen) atoms. The lowest BCUT2D eigenvalue weighted by atomic mass is 10.1. The Morgan fingerprint density at radius 3 is 2.64 bits per heavy atom. The van der Waals surface area contributed by atoms with Crippen molar-refractivity contribution in [1.29, 1.82) is 0 Å². The van der Waals surface area contributed by atoms with E-state index in [1.807, 2.05) is 24.3 Å². The Kier molecular flexibility index (Phi) is 2.52. The van der Waals surface area contributed by atoms with Gasteiger partial charge in [0, 0.05) is 17.1 Å². The summed E-state index contributed by atoms with van der Waals surface area (Å²) in [7, 11) is 0. The molecular weight excluding hydrogens is 198 g/mol. The van der Waals surface area contributed by atoms with Gasteiger partial charge in [0.25, 0.3) is 0 Å². The van der Waals surface area contributed by atoms with Crippen molar-refractivity contribution in [3.8, 4) is 11.3 Å². The molecule has 2 rings (SSSR count). The second kappa shape index (κ2) is 3.82. The van der Waals surface area contributed by atoms with E-state index in [-0.39, 0.29) is 0 Å². The summed E-state index contributed by atoms with van der Waals surface area (Å²) in [6, 6.07) is 7.57. The van der Waals surface area contributed by atoms with Gasteiger partial charge in [0.05, 0.1) is 11.9 Å². The largest absolute Gasteiger partial charge is 0.326 e. The zero-order chi connectivity index (χ0) is 9.97. The van der Waals surface area contributed by atoms with Crippen LogP contribution in [0.3, 0.4) is 0 Å². The van der Waals surface area contributed by atoms with E-state index >= 15 is 0 Å². The number of nitrogens with two attached hydrogens (primary N) is 1. The third-order valence-electron chi connectivity index (χ3n) is 2.07. The lowest BCUT2D eigenvalue weighted by molar-refractivity contribution is 1.08. The van der Waals surface area contributed by atoms with Crippen LogP contribution in [0.2, 0.25) is 5.02 Å². The number of nitrogens with one attached hydrogen (secondary N) is 1. The number of hydrogen-bond acceptors (Lipinski definition) is 2. The van der Waals surface area contributed by atoms with Gasteiger partial charge in [0.1, 0.15) is 0 Å². The van der Waals surface area contributed by atoms with E-state index in [0.717, 1.165) is 21.8 Å². The highest BCUT2D eigenvalue weighted by molar-refractivity contribution is 6.30. The van der Waals surface area contributed by atoms with Crippen molar-refractivity contribution in [3.05, 3.63) is 41.0 Å². The van der Waals surface area contributed by atoms with Gasteiger partial charge in [-0.05, 0) is 17.7 Å². The first kappa shape index (κ1) is 9.24. The Balaban J connectivity index is 2.44. The Morgan fingerprint density at radius 1 is 1.29 bits per heavy atom. The van der Waals surface area contributed by atoms with Crippen molar-refractivity contribution >= 4 is 11.6 Å². The SMILES string of the molecule is NCc1cn[nH]c1-c1ccc(Cl)cc1. The van der Waals surface area contributed by atoms with Crippen molar-refractivity contribution in [2.75, 3.05) is 0 Å². The number of H-pyrrole nitrogens is 1. The highest BCUT2D eigenvalue weighted by Gasteiger charge is 2.05. The molecule has 0 spiro atoms. The minimum Gasteiger partial charge on any atom is -0.326 e. The van der Waals surface area contributed by atoms with E-state index in [4.69, 9.17) is 17.3 Å². The Bertz CT molecular complexity index is 419. The number of hydrogen-bond donors (Lipinski definition) is 2. The monoisotopic (exact) mass is 207 g/mol. The van der Waals surface area contributed by atoms with E-state index < -0.39 is 0 Å². The third kappa shape index (κ3) is 1.64. The Labute approximate surface area is 86.9 Å². The predicted molar refractivity (Wildman–Crippen MR) is 56.9 cm³/mol. The molecule has 0 saturated carbocycles. The maximum Gasteiger partial charge on any atom is 0.0695 e. The van der Waals surface area contributed by atoms with Crippen LogP contribution in [-0.2, 0) is 6.54 Å². The summed E-state index contributed by atoms with van der Waals surface area (Å²) < 4.78 is 0. The molecule has 0 unspecified atom stereocenters. The summed E-state index contributed by atoms with van der Waals surface area (Å²) in [6.45, 7) is 0.481. The van der Waals surface area contributed by atoms with Gasteiger partial charge < -0.3 is 5.73 Å².